The molecule has 1 saturated heterocycles. The van der Waals surface area contributed by atoms with Gasteiger partial charge in [-0.3, -0.25) is 4.79 Å². The smallest absolute Gasteiger partial charge is 0.422 e. The second kappa shape index (κ2) is 8.83. The summed E-state index contributed by atoms with van der Waals surface area (Å²) in [6.07, 6.45) is -3.64. The maximum Gasteiger partial charge on any atom is 0.422 e. The maximum atomic E-state index is 12.3. The van der Waals surface area contributed by atoms with Crippen LogP contribution in [0.25, 0.3) is 0 Å². The van der Waals surface area contributed by atoms with Crippen molar-refractivity contribution in [2.75, 3.05) is 26.8 Å². The number of benzene rings is 1. The van der Waals surface area contributed by atoms with Crippen LogP contribution in [0.2, 0.25) is 0 Å². The zero-order valence-corrected chi connectivity index (χ0v) is 14.7. The molecule has 1 aromatic rings. The van der Waals surface area contributed by atoms with Crippen molar-refractivity contribution >= 4 is 12.0 Å². The second-order valence-corrected chi connectivity index (χ2v) is 6.15. The Hall–Kier alpha value is -2.65. The van der Waals surface area contributed by atoms with Crippen LogP contribution in [0.1, 0.15) is 18.4 Å². The number of carbonyl (C=O) groups is 2. The van der Waals surface area contributed by atoms with Crippen LogP contribution < -0.4 is 14.8 Å². The number of methoxy groups -OCH3 is 1. The molecule has 0 bridgehead atoms. The molecule has 7 nitrogen and oxygen atoms in total. The molecule has 0 unspecified atom stereocenters. The number of hydrogen-bond donors (Lipinski definition) is 2. The predicted octanol–water partition coefficient (Wildman–Crippen LogP) is 2.64. The molecule has 0 aromatic heterocycles. The van der Waals surface area contributed by atoms with Crippen LogP contribution >= 0.6 is 0 Å². The molecule has 2 rings (SSSR count). The van der Waals surface area contributed by atoms with Gasteiger partial charge in [-0.05, 0) is 30.5 Å². The van der Waals surface area contributed by atoms with Gasteiger partial charge in [0.2, 0.25) is 0 Å². The molecule has 150 valence electrons. The third kappa shape index (κ3) is 6.22. The number of urea groups is 1. The van der Waals surface area contributed by atoms with Crippen molar-refractivity contribution in [1.82, 2.24) is 10.2 Å². The summed E-state index contributed by atoms with van der Waals surface area (Å²) in [6.45, 7) is -0.563. The van der Waals surface area contributed by atoms with Crippen LogP contribution in [0.4, 0.5) is 18.0 Å². The summed E-state index contributed by atoms with van der Waals surface area (Å²) >= 11 is 0. The zero-order chi connectivity index (χ0) is 20.0. The van der Waals surface area contributed by atoms with Gasteiger partial charge >= 0.3 is 18.2 Å². The SMILES string of the molecule is COc1cc(CNC(=O)N2CCC(C(=O)O)CC2)ccc1OCC(F)(F)F. The molecule has 1 fully saturated rings. The van der Waals surface area contributed by atoms with Gasteiger partial charge in [-0.15, -0.1) is 0 Å². The molecule has 1 aromatic carbocycles. The summed E-state index contributed by atoms with van der Waals surface area (Å²) in [5.41, 5.74) is 0.625. The minimum Gasteiger partial charge on any atom is -0.493 e. The van der Waals surface area contributed by atoms with Crippen LogP contribution in [0, 0.1) is 5.92 Å². The van der Waals surface area contributed by atoms with Gasteiger partial charge in [0, 0.05) is 19.6 Å². The molecule has 1 aliphatic heterocycles. The number of carboxylic acids is 1. The molecule has 0 saturated carbocycles. The first-order chi connectivity index (χ1) is 12.7. The Kier molecular flexibility index (Phi) is 6.75. The number of nitrogens with zero attached hydrogens (tertiary/aromatic N) is 1. The van der Waals surface area contributed by atoms with Gasteiger partial charge in [-0.25, -0.2) is 4.79 Å². The Bertz CT molecular complexity index is 673. The Balaban J connectivity index is 1.88. The van der Waals surface area contributed by atoms with Gasteiger partial charge in [0.1, 0.15) is 0 Å². The largest absolute Gasteiger partial charge is 0.493 e. The lowest BCUT2D eigenvalue weighted by atomic mass is 9.97. The standard InChI is InChI=1S/C17H21F3N2O5/c1-26-14-8-11(2-3-13(14)27-10-17(18,19)20)9-21-16(25)22-6-4-12(5-7-22)15(23)24/h2-3,8,12H,4-7,9-10H2,1H3,(H,21,25)(H,23,24). The molecular weight excluding hydrogens is 369 g/mol. The average Bonchev–Trinajstić information content (AvgIpc) is 2.64. The molecule has 1 heterocycles. The fourth-order valence-corrected chi connectivity index (χ4v) is 2.72. The van der Waals surface area contributed by atoms with E-state index in [1.807, 2.05) is 0 Å². The third-order valence-corrected chi connectivity index (χ3v) is 4.19. The molecule has 0 aliphatic carbocycles. The molecular formula is C17H21F3N2O5. The lowest BCUT2D eigenvalue weighted by Gasteiger charge is -2.30. The van der Waals surface area contributed by atoms with Crippen LogP contribution in [-0.2, 0) is 11.3 Å². The summed E-state index contributed by atoms with van der Waals surface area (Å²) in [7, 11) is 1.31. The molecule has 0 atom stereocenters. The van der Waals surface area contributed by atoms with Gasteiger partial charge in [0.25, 0.3) is 0 Å². The van der Waals surface area contributed by atoms with E-state index < -0.39 is 24.7 Å². The Morgan fingerprint density at radius 3 is 2.48 bits per heavy atom. The normalized spacial score (nSPS) is 15.3. The van der Waals surface area contributed by atoms with E-state index in [-0.39, 0.29) is 24.1 Å². The van der Waals surface area contributed by atoms with E-state index in [2.05, 4.69) is 5.32 Å². The van der Waals surface area contributed by atoms with E-state index >= 15 is 0 Å². The van der Waals surface area contributed by atoms with Crippen molar-refractivity contribution in [3.63, 3.8) is 0 Å². The van der Waals surface area contributed by atoms with E-state index in [0.29, 0.717) is 31.5 Å². The number of rotatable bonds is 6. The van der Waals surface area contributed by atoms with Crippen LogP contribution in [0.15, 0.2) is 18.2 Å². The number of alkyl halides is 3. The average molecular weight is 390 g/mol. The maximum absolute atomic E-state index is 12.3. The van der Waals surface area contributed by atoms with E-state index in [1.165, 1.54) is 30.2 Å². The summed E-state index contributed by atoms with van der Waals surface area (Å²) in [5, 5.41) is 11.7. The highest BCUT2D eigenvalue weighted by molar-refractivity contribution is 5.75. The van der Waals surface area contributed by atoms with Gasteiger partial charge in [0.15, 0.2) is 18.1 Å². The molecule has 2 N–H and O–H groups in total. The Morgan fingerprint density at radius 1 is 1.26 bits per heavy atom. The fourth-order valence-electron chi connectivity index (χ4n) is 2.72. The number of aliphatic carboxylic acids is 1. The van der Waals surface area contributed by atoms with Gasteiger partial charge in [-0.2, -0.15) is 13.2 Å². The molecule has 10 heteroatoms. The molecule has 2 amide bonds. The zero-order valence-electron chi connectivity index (χ0n) is 14.7. The van der Waals surface area contributed by atoms with E-state index in [4.69, 9.17) is 14.6 Å². The lowest BCUT2D eigenvalue weighted by molar-refractivity contribution is -0.153. The summed E-state index contributed by atoms with van der Waals surface area (Å²) in [5.74, 6) is -1.19. The molecule has 1 aliphatic rings. The predicted molar refractivity (Wildman–Crippen MR) is 88.7 cm³/mol. The highest BCUT2D eigenvalue weighted by Gasteiger charge is 2.29. The minimum absolute atomic E-state index is 0.0411. The highest BCUT2D eigenvalue weighted by Crippen LogP contribution is 2.29. The first-order valence-electron chi connectivity index (χ1n) is 8.31. The highest BCUT2D eigenvalue weighted by atomic mass is 19.4. The van der Waals surface area contributed by atoms with E-state index in [0.717, 1.165) is 0 Å². The van der Waals surface area contributed by atoms with Gasteiger partial charge in [-0.1, -0.05) is 6.07 Å². The quantitative estimate of drug-likeness (QED) is 0.780. The second-order valence-electron chi connectivity index (χ2n) is 6.15. The van der Waals surface area contributed by atoms with Gasteiger partial charge in [0.05, 0.1) is 13.0 Å². The number of nitrogens with one attached hydrogen (secondary N) is 1. The number of hydrogen-bond acceptors (Lipinski definition) is 4. The number of amides is 2. The topological polar surface area (TPSA) is 88.1 Å². The minimum atomic E-state index is -4.45. The van der Waals surface area contributed by atoms with Crippen molar-refractivity contribution < 1.29 is 37.3 Å². The Morgan fingerprint density at radius 2 is 1.93 bits per heavy atom. The van der Waals surface area contributed by atoms with Gasteiger partial charge < -0.3 is 24.8 Å². The van der Waals surface area contributed by atoms with Crippen LogP contribution in [0.3, 0.4) is 0 Å². The molecule has 0 spiro atoms. The first-order valence-corrected chi connectivity index (χ1v) is 8.31. The summed E-state index contributed by atoms with van der Waals surface area (Å²) in [4.78, 5) is 24.6. The van der Waals surface area contributed by atoms with Crippen LogP contribution in [0.5, 0.6) is 11.5 Å². The van der Waals surface area contributed by atoms with Crippen molar-refractivity contribution in [2.45, 2.75) is 25.6 Å². The third-order valence-electron chi connectivity index (χ3n) is 4.19. The lowest BCUT2D eigenvalue weighted by Crippen LogP contribution is -2.45. The summed E-state index contributed by atoms with van der Waals surface area (Å²) < 4.78 is 46.5. The van der Waals surface area contributed by atoms with Crippen molar-refractivity contribution in [3.05, 3.63) is 23.8 Å². The fraction of sp³-hybridized carbons (Fsp3) is 0.529. The number of piperidine rings is 1. The van der Waals surface area contributed by atoms with E-state index in [9.17, 15) is 22.8 Å². The monoisotopic (exact) mass is 390 g/mol. The van der Waals surface area contributed by atoms with Crippen molar-refractivity contribution in [3.8, 4) is 11.5 Å². The Labute approximate surface area is 154 Å². The number of carbonyl (C=O) groups excluding carboxylic acids is 1. The number of likely N-dealkylation sites (tertiary alicyclic amines) is 1. The molecule has 0 radical (unpaired) electrons. The molecule has 27 heavy (non-hydrogen) atoms. The number of halogens is 3. The number of ether oxygens (including phenoxy) is 2. The van der Waals surface area contributed by atoms with Crippen molar-refractivity contribution in [1.29, 1.82) is 0 Å². The van der Waals surface area contributed by atoms with Crippen molar-refractivity contribution in [2.24, 2.45) is 5.92 Å². The van der Waals surface area contributed by atoms with Crippen LogP contribution in [-0.4, -0.2) is 55.0 Å². The number of carboxylic acid groups (broad SMARTS) is 1. The van der Waals surface area contributed by atoms with E-state index in [1.54, 1.807) is 0 Å². The summed E-state index contributed by atoms with van der Waals surface area (Å²) in [6, 6.07) is 4.05. The first kappa shape index (κ1) is 20.7.